The average Bonchev–Trinajstić information content (AvgIpc) is 2.60. The van der Waals surface area contributed by atoms with E-state index < -0.39 is 15.9 Å². The molecule has 2 rings (SSSR count). The van der Waals surface area contributed by atoms with Crippen molar-refractivity contribution >= 4 is 27.3 Å². The molecule has 0 heterocycles. The standard InChI is InChI=1S/C20H23N3O4S/c1-15(2)27-19-6-4-5-18(13-19)23(28(3,25)26)14-20(24)22-17-9-7-16(8-10-17)11-12-21/h4-10,13,15H,11,14H2,1-3H3,(H,22,24). The highest BCUT2D eigenvalue weighted by Crippen LogP contribution is 2.24. The Kier molecular flexibility index (Phi) is 7.01. The Labute approximate surface area is 165 Å². The molecule has 0 unspecified atom stereocenters. The second-order valence-corrected chi connectivity index (χ2v) is 8.42. The van der Waals surface area contributed by atoms with Gasteiger partial charge in [0.15, 0.2) is 0 Å². The lowest BCUT2D eigenvalue weighted by Gasteiger charge is -2.22. The number of nitrogens with one attached hydrogen (secondary N) is 1. The van der Waals surface area contributed by atoms with Gasteiger partial charge < -0.3 is 10.1 Å². The van der Waals surface area contributed by atoms with Crippen molar-refractivity contribution in [3.8, 4) is 11.8 Å². The first-order valence-electron chi connectivity index (χ1n) is 8.69. The Morgan fingerprint density at radius 1 is 1.21 bits per heavy atom. The van der Waals surface area contributed by atoms with Crippen LogP contribution >= 0.6 is 0 Å². The van der Waals surface area contributed by atoms with Gasteiger partial charge in [-0.25, -0.2) is 8.42 Å². The highest BCUT2D eigenvalue weighted by Gasteiger charge is 2.21. The highest BCUT2D eigenvalue weighted by atomic mass is 32.2. The van der Waals surface area contributed by atoms with Gasteiger partial charge in [-0.15, -0.1) is 0 Å². The summed E-state index contributed by atoms with van der Waals surface area (Å²) in [6.45, 7) is 3.37. The molecule has 0 radical (unpaired) electrons. The third kappa shape index (κ3) is 6.28. The number of nitriles is 1. The van der Waals surface area contributed by atoms with E-state index in [0.717, 1.165) is 16.1 Å². The minimum Gasteiger partial charge on any atom is -0.491 e. The number of rotatable bonds is 8. The van der Waals surface area contributed by atoms with E-state index >= 15 is 0 Å². The molecule has 28 heavy (non-hydrogen) atoms. The summed E-state index contributed by atoms with van der Waals surface area (Å²) in [5.41, 5.74) is 1.71. The Morgan fingerprint density at radius 3 is 2.46 bits per heavy atom. The predicted octanol–water partition coefficient (Wildman–Crippen LogP) is 2.94. The van der Waals surface area contributed by atoms with Crippen LogP contribution in [-0.2, 0) is 21.2 Å². The van der Waals surface area contributed by atoms with Crippen LogP contribution in [0.1, 0.15) is 19.4 Å². The topological polar surface area (TPSA) is 99.5 Å². The summed E-state index contributed by atoms with van der Waals surface area (Å²) in [5.74, 6) is 0.0447. The summed E-state index contributed by atoms with van der Waals surface area (Å²) in [6, 6.07) is 15.5. The molecule has 0 atom stereocenters. The Hall–Kier alpha value is -3.05. The fourth-order valence-corrected chi connectivity index (χ4v) is 3.36. The number of carbonyl (C=O) groups is 1. The number of ether oxygens (including phenoxy) is 1. The molecule has 8 heteroatoms. The van der Waals surface area contributed by atoms with Crippen LogP contribution in [0.5, 0.6) is 5.75 Å². The molecule has 148 valence electrons. The van der Waals surface area contributed by atoms with Crippen molar-refractivity contribution in [2.45, 2.75) is 26.4 Å². The molecule has 0 aliphatic rings. The molecular formula is C20H23N3O4S. The molecule has 2 aromatic carbocycles. The number of anilines is 2. The molecular weight excluding hydrogens is 378 g/mol. The van der Waals surface area contributed by atoms with Crippen molar-refractivity contribution < 1.29 is 17.9 Å². The van der Waals surface area contributed by atoms with E-state index in [4.69, 9.17) is 10.00 Å². The van der Waals surface area contributed by atoms with Crippen molar-refractivity contribution in [2.75, 3.05) is 22.4 Å². The molecule has 0 bridgehead atoms. The van der Waals surface area contributed by atoms with Gasteiger partial charge in [0.1, 0.15) is 12.3 Å². The Balaban J connectivity index is 2.16. The van der Waals surface area contributed by atoms with Crippen molar-refractivity contribution in [3.63, 3.8) is 0 Å². The normalized spacial score (nSPS) is 11.0. The summed E-state index contributed by atoms with van der Waals surface area (Å²) in [7, 11) is -3.68. The van der Waals surface area contributed by atoms with Gasteiger partial charge in [-0.3, -0.25) is 9.10 Å². The minimum atomic E-state index is -3.68. The summed E-state index contributed by atoms with van der Waals surface area (Å²) in [4.78, 5) is 12.4. The summed E-state index contributed by atoms with van der Waals surface area (Å²) < 4.78 is 31.1. The zero-order valence-electron chi connectivity index (χ0n) is 16.0. The van der Waals surface area contributed by atoms with Crippen molar-refractivity contribution in [2.24, 2.45) is 0 Å². The van der Waals surface area contributed by atoms with E-state index in [2.05, 4.69) is 11.4 Å². The van der Waals surface area contributed by atoms with Crippen LogP contribution in [0.4, 0.5) is 11.4 Å². The lowest BCUT2D eigenvalue weighted by Crippen LogP contribution is -2.37. The monoisotopic (exact) mass is 401 g/mol. The number of nitrogens with zero attached hydrogens (tertiary/aromatic N) is 2. The van der Waals surface area contributed by atoms with Crippen LogP contribution in [0.2, 0.25) is 0 Å². The van der Waals surface area contributed by atoms with Crippen LogP contribution in [0.3, 0.4) is 0 Å². The number of sulfonamides is 1. The number of benzene rings is 2. The van der Waals surface area contributed by atoms with E-state index in [1.807, 2.05) is 13.8 Å². The maximum absolute atomic E-state index is 12.4. The molecule has 0 saturated carbocycles. The van der Waals surface area contributed by atoms with E-state index in [9.17, 15) is 13.2 Å². The molecule has 1 amide bonds. The third-order valence-electron chi connectivity index (χ3n) is 3.69. The van der Waals surface area contributed by atoms with Gasteiger partial charge in [0, 0.05) is 11.8 Å². The Bertz CT molecular complexity index is 964. The van der Waals surface area contributed by atoms with Gasteiger partial charge >= 0.3 is 0 Å². The van der Waals surface area contributed by atoms with Gasteiger partial charge in [0.2, 0.25) is 15.9 Å². The number of hydrogen-bond acceptors (Lipinski definition) is 5. The minimum absolute atomic E-state index is 0.0609. The van der Waals surface area contributed by atoms with Gasteiger partial charge in [-0.1, -0.05) is 18.2 Å². The molecule has 0 fully saturated rings. The maximum Gasteiger partial charge on any atom is 0.245 e. The van der Waals surface area contributed by atoms with Crippen LogP contribution in [-0.4, -0.2) is 33.2 Å². The first kappa shape index (κ1) is 21.3. The summed E-state index contributed by atoms with van der Waals surface area (Å²) in [5, 5.41) is 11.4. The molecule has 0 aliphatic heterocycles. The first-order valence-corrected chi connectivity index (χ1v) is 10.5. The zero-order valence-corrected chi connectivity index (χ0v) is 16.9. The molecule has 0 spiro atoms. The fraction of sp³-hybridized carbons (Fsp3) is 0.300. The SMILES string of the molecule is CC(C)Oc1cccc(N(CC(=O)Nc2ccc(CC#N)cc2)S(C)(=O)=O)c1. The number of amides is 1. The zero-order chi connectivity index (χ0) is 20.7. The fourth-order valence-electron chi connectivity index (χ4n) is 2.51. The maximum atomic E-state index is 12.4. The molecule has 0 aromatic heterocycles. The van der Waals surface area contributed by atoms with E-state index in [1.54, 1.807) is 48.5 Å². The smallest absolute Gasteiger partial charge is 0.245 e. The van der Waals surface area contributed by atoms with Crippen LogP contribution in [0, 0.1) is 11.3 Å². The molecule has 7 nitrogen and oxygen atoms in total. The van der Waals surface area contributed by atoms with Crippen molar-refractivity contribution in [1.82, 2.24) is 0 Å². The largest absolute Gasteiger partial charge is 0.491 e. The average molecular weight is 401 g/mol. The van der Waals surface area contributed by atoms with Crippen molar-refractivity contribution in [3.05, 3.63) is 54.1 Å². The molecule has 0 saturated heterocycles. The quantitative estimate of drug-likeness (QED) is 0.733. The molecule has 0 aliphatic carbocycles. The van der Waals surface area contributed by atoms with Gasteiger partial charge in [0.25, 0.3) is 0 Å². The van der Waals surface area contributed by atoms with Crippen LogP contribution in [0.15, 0.2) is 48.5 Å². The number of hydrogen-bond donors (Lipinski definition) is 1. The van der Waals surface area contributed by atoms with E-state index in [-0.39, 0.29) is 19.1 Å². The number of carbonyl (C=O) groups excluding carboxylic acids is 1. The molecule has 1 N–H and O–H groups in total. The van der Waals surface area contributed by atoms with Crippen LogP contribution in [0.25, 0.3) is 0 Å². The van der Waals surface area contributed by atoms with Gasteiger partial charge in [-0.05, 0) is 43.7 Å². The van der Waals surface area contributed by atoms with E-state index in [1.165, 1.54) is 0 Å². The second-order valence-electron chi connectivity index (χ2n) is 6.51. The molecule has 2 aromatic rings. The van der Waals surface area contributed by atoms with Crippen LogP contribution < -0.4 is 14.4 Å². The Morgan fingerprint density at radius 2 is 1.89 bits per heavy atom. The summed E-state index contributed by atoms with van der Waals surface area (Å²) in [6.07, 6.45) is 1.27. The van der Waals surface area contributed by atoms with E-state index in [0.29, 0.717) is 17.1 Å². The summed E-state index contributed by atoms with van der Waals surface area (Å²) >= 11 is 0. The van der Waals surface area contributed by atoms with Gasteiger partial charge in [-0.2, -0.15) is 5.26 Å². The third-order valence-corrected chi connectivity index (χ3v) is 4.83. The highest BCUT2D eigenvalue weighted by molar-refractivity contribution is 7.92. The van der Waals surface area contributed by atoms with Crippen molar-refractivity contribution in [1.29, 1.82) is 5.26 Å². The van der Waals surface area contributed by atoms with Gasteiger partial charge in [0.05, 0.1) is 30.5 Å². The lowest BCUT2D eigenvalue weighted by molar-refractivity contribution is -0.114. The second kappa shape index (κ2) is 9.24. The predicted molar refractivity (Wildman–Crippen MR) is 109 cm³/mol. The first-order chi connectivity index (χ1) is 13.2. The lowest BCUT2D eigenvalue weighted by atomic mass is 10.1.